The van der Waals surface area contributed by atoms with Crippen molar-refractivity contribution in [2.24, 2.45) is 0 Å². The Morgan fingerprint density at radius 3 is 2.67 bits per heavy atom. The molecule has 0 aliphatic carbocycles. The molecule has 1 saturated heterocycles. The van der Waals surface area contributed by atoms with Crippen LogP contribution >= 0.6 is 23.7 Å². The monoisotopic (exact) mass is 442 g/mol. The molecule has 0 unspecified atom stereocenters. The molecule has 1 aromatic heterocycles. The van der Waals surface area contributed by atoms with Gasteiger partial charge in [-0.25, -0.2) is 4.98 Å². The Morgan fingerprint density at radius 2 is 1.97 bits per heavy atom. The molecule has 2 aromatic carbocycles. The van der Waals surface area contributed by atoms with Gasteiger partial charge in [0.1, 0.15) is 0 Å². The number of nitriles is 1. The number of amides is 1. The molecule has 0 atom stereocenters. The lowest BCUT2D eigenvalue weighted by Crippen LogP contribution is -2.43. The summed E-state index contributed by atoms with van der Waals surface area (Å²) in [5, 5.41) is 9.72. The highest BCUT2D eigenvalue weighted by Gasteiger charge is 2.23. The molecule has 4 rings (SSSR count). The molecule has 156 valence electrons. The van der Waals surface area contributed by atoms with Crippen molar-refractivity contribution in [3.8, 4) is 6.07 Å². The predicted molar refractivity (Wildman–Crippen MR) is 122 cm³/mol. The first-order valence-corrected chi connectivity index (χ1v) is 10.4. The van der Waals surface area contributed by atoms with E-state index in [1.807, 2.05) is 12.1 Å². The maximum Gasteiger partial charge on any atom is 0.260 e. The fourth-order valence-corrected chi connectivity index (χ4v) is 4.42. The highest BCUT2D eigenvalue weighted by molar-refractivity contribution is 7.22. The third kappa shape index (κ3) is 4.97. The van der Waals surface area contributed by atoms with Gasteiger partial charge in [-0.2, -0.15) is 5.26 Å². The van der Waals surface area contributed by atoms with Crippen LogP contribution in [-0.2, 0) is 4.74 Å². The normalized spacial score (nSPS) is 14.1. The molecular formula is C22H23ClN4O2S. The molecule has 0 bridgehead atoms. The molecule has 2 heterocycles. The quantitative estimate of drug-likeness (QED) is 0.599. The van der Waals surface area contributed by atoms with Crippen LogP contribution in [0, 0.1) is 18.3 Å². The minimum absolute atomic E-state index is 0. The number of nitrogens with zero attached hydrogens (tertiary/aromatic N) is 4. The second-order valence-corrected chi connectivity index (χ2v) is 8.08. The first-order chi connectivity index (χ1) is 14.1. The van der Waals surface area contributed by atoms with Crippen LogP contribution in [0.25, 0.3) is 10.2 Å². The number of morpholine rings is 1. The lowest BCUT2D eigenvalue weighted by atomic mass is 10.1. The molecule has 8 heteroatoms. The Labute approximate surface area is 186 Å². The van der Waals surface area contributed by atoms with Gasteiger partial charge in [0.05, 0.1) is 35.1 Å². The van der Waals surface area contributed by atoms with Crippen molar-refractivity contribution in [1.29, 1.82) is 5.26 Å². The van der Waals surface area contributed by atoms with Crippen molar-refractivity contribution in [1.82, 2.24) is 9.88 Å². The average Bonchev–Trinajstić information content (AvgIpc) is 3.17. The second kappa shape index (κ2) is 10.0. The highest BCUT2D eigenvalue weighted by Crippen LogP contribution is 2.30. The summed E-state index contributed by atoms with van der Waals surface area (Å²) in [4.78, 5) is 22.1. The third-order valence-corrected chi connectivity index (χ3v) is 6.05. The SMILES string of the molecule is Cc1ccc2nc(N(CCN3CCOCC3)C(=O)c3ccc(C#N)cc3)sc2c1.Cl. The Kier molecular flexibility index (Phi) is 7.40. The van der Waals surface area contributed by atoms with Gasteiger partial charge in [-0.1, -0.05) is 17.4 Å². The van der Waals surface area contributed by atoms with Crippen molar-refractivity contribution in [3.05, 3.63) is 59.2 Å². The van der Waals surface area contributed by atoms with E-state index in [0.29, 0.717) is 22.8 Å². The highest BCUT2D eigenvalue weighted by atomic mass is 35.5. The number of thiazole rings is 1. The molecule has 1 aliphatic heterocycles. The fourth-order valence-electron chi connectivity index (χ4n) is 3.33. The van der Waals surface area contributed by atoms with Crippen LogP contribution in [0.2, 0.25) is 0 Å². The molecule has 3 aromatic rings. The minimum Gasteiger partial charge on any atom is -0.379 e. The number of aryl methyl sites for hydroxylation is 1. The van der Waals surface area contributed by atoms with E-state index in [-0.39, 0.29) is 18.3 Å². The van der Waals surface area contributed by atoms with Crippen molar-refractivity contribution < 1.29 is 9.53 Å². The molecule has 6 nitrogen and oxygen atoms in total. The summed E-state index contributed by atoms with van der Waals surface area (Å²) in [5.74, 6) is -0.0986. The zero-order valence-corrected chi connectivity index (χ0v) is 18.3. The first kappa shape index (κ1) is 22.2. The van der Waals surface area contributed by atoms with Gasteiger partial charge in [0.25, 0.3) is 5.91 Å². The molecule has 1 amide bonds. The van der Waals surface area contributed by atoms with Crippen LogP contribution in [0.1, 0.15) is 21.5 Å². The summed E-state index contributed by atoms with van der Waals surface area (Å²) < 4.78 is 6.50. The molecule has 0 N–H and O–H groups in total. The number of carbonyl (C=O) groups excluding carboxylic acids is 1. The summed E-state index contributed by atoms with van der Waals surface area (Å²) >= 11 is 1.54. The summed E-state index contributed by atoms with van der Waals surface area (Å²) in [6, 6.07) is 15.0. The van der Waals surface area contributed by atoms with Crippen LogP contribution in [-0.4, -0.2) is 55.2 Å². The number of carbonyl (C=O) groups is 1. The van der Waals surface area contributed by atoms with Gasteiger partial charge in [-0.3, -0.25) is 14.6 Å². The lowest BCUT2D eigenvalue weighted by Gasteiger charge is -2.29. The predicted octanol–water partition coefficient (Wildman–Crippen LogP) is 3.88. The third-order valence-electron chi connectivity index (χ3n) is 5.01. The summed E-state index contributed by atoms with van der Waals surface area (Å²) in [6.45, 7) is 6.57. The van der Waals surface area contributed by atoms with Crippen LogP contribution < -0.4 is 4.90 Å². The van der Waals surface area contributed by atoms with E-state index < -0.39 is 0 Å². The van der Waals surface area contributed by atoms with Gasteiger partial charge >= 0.3 is 0 Å². The molecule has 1 aliphatic rings. The number of fused-ring (bicyclic) bond motifs is 1. The Hall–Kier alpha value is -2.50. The molecule has 30 heavy (non-hydrogen) atoms. The molecule has 0 saturated carbocycles. The van der Waals surface area contributed by atoms with E-state index in [2.05, 4.69) is 24.0 Å². The number of hydrogen-bond acceptors (Lipinski definition) is 6. The van der Waals surface area contributed by atoms with Crippen molar-refractivity contribution in [2.45, 2.75) is 6.92 Å². The summed E-state index contributed by atoms with van der Waals surface area (Å²) in [5.41, 5.74) is 3.17. The smallest absolute Gasteiger partial charge is 0.260 e. The minimum atomic E-state index is -0.0986. The standard InChI is InChI=1S/C22H22N4O2S.ClH/c1-16-2-7-19-20(14-16)29-22(24-19)26(9-8-25-10-12-28-13-11-25)21(27)18-5-3-17(15-23)4-6-18;/h2-7,14H,8-13H2,1H3;1H. The van der Waals surface area contributed by atoms with Crippen LogP contribution in [0.4, 0.5) is 5.13 Å². The van der Waals surface area contributed by atoms with Crippen LogP contribution in [0.15, 0.2) is 42.5 Å². The van der Waals surface area contributed by atoms with Crippen molar-refractivity contribution in [3.63, 3.8) is 0 Å². The largest absolute Gasteiger partial charge is 0.379 e. The number of aromatic nitrogens is 1. The maximum absolute atomic E-state index is 13.3. The lowest BCUT2D eigenvalue weighted by molar-refractivity contribution is 0.0391. The van der Waals surface area contributed by atoms with Gasteiger partial charge in [0.2, 0.25) is 0 Å². The van der Waals surface area contributed by atoms with E-state index in [4.69, 9.17) is 15.0 Å². The van der Waals surface area contributed by atoms with E-state index in [1.165, 1.54) is 16.9 Å². The van der Waals surface area contributed by atoms with Gasteiger partial charge in [0, 0.05) is 31.7 Å². The van der Waals surface area contributed by atoms with Gasteiger partial charge in [-0.05, 0) is 48.9 Å². The number of halogens is 1. The summed E-state index contributed by atoms with van der Waals surface area (Å²) in [6.07, 6.45) is 0. The fraction of sp³-hybridized carbons (Fsp3) is 0.318. The van der Waals surface area contributed by atoms with E-state index in [9.17, 15) is 4.79 Å². The van der Waals surface area contributed by atoms with Crippen molar-refractivity contribution >= 4 is 45.0 Å². The number of ether oxygens (including phenoxy) is 1. The topological polar surface area (TPSA) is 69.5 Å². The Morgan fingerprint density at radius 1 is 1.23 bits per heavy atom. The van der Waals surface area contributed by atoms with Crippen LogP contribution in [0.5, 0.6) is 0 Å². The number of benzene rings is 2. The van der Waals surface area contributed by atoms with Crippen molar-refractivity contribution in [2.75, 3.05) is 44.3 Å². The Balaban J connectivity index is 0.00000256. The van der Waals surface area contributed by atoms with Gasteiger partial charge in [0.15, 0.2) is 5.13 Å². The van der Waals surface area contributed by atoms with E-state index >= 15 is 0 Å². The van der Waals surface area contributed by atoms with Gasteiger partial charge in [-0.15, -0.1) is 12.4 Å². The second-order valence-electron chi connectivity index (χ2n) is 7.07. The summed E-state index contributed by atoms with van der Waals surface area (Å²) in [7, 11) is 0. The zero-order valence-electron chi connectivity index (χ0n) is 16.7. The number of rotatable bonds is 5. The zero-order chi connectivity index (χ0) is 20.2. The maximum atomic E-state index is 13.3. The molecule has 1 fully saturated rings. The van der Waals surface area contributed by atoms with E-state index in [0.717, 1.165) is 43.1 Å². The number of anilines is 1. The average molecular weight is 443 g/mol. The Bertz CT molecular complexity index is 1060. The first-order valence-electron chi connectivity index (χ1n) is 9.63. The molecular weight excluding hydrogens is 420 g/mol. The molecule has 0 spiro atoms. The molecule has 0 radical (unpaired) electrons. The van der Waals surface area contributed by atoms with Crippen LogP contribution in [0.3, 0.4) is 0 Å². The number of hydrogen-bond donors (Lipinski definition) is 0. The van der Waals surface area contributed by atoms with Gasteiger partial charge < -0.3 is 4.74 Å². The van der Waals surface area contributed by atoms with E-state index in [1.54, 1.807) is 29.2 Å².